The summed E-state index contributed by atoms with van der Waals surface area (Å²) in [4.78, 5) is 4.16. The third kappa shape index (κ3) is 4.83. The minimum absolute atomic E-state index is 0.629. The summed E-state index contributed by atoms with van der Waals surface area (Å²) in [5, 5.41) is 10.8. The normalized spacial score (nSPS) is 11.9. The van der Waals surface area contributed by atoms with E-state index in [1.54, 1.807) is 18.4 Å². The van der Waals surface area contributed by atoms with Gasteiger partial charge in [-0.25, -0.2) is 0 Å². The van der Waals surface area contributed by atoms with Crippen LogP contribution in [0.25, 0.3) is 0 Å². The molecule has 0 unspecified atom stereocenters. The second kappa shape index (κ2) is 6.45. The molecule has 84 valence electrons. The molecule has 0 atom stereocenters. The van der Waals surface area contributed by atoms with Crippen molar-refractivity contribution in [2.24, 2.45) is 10.9 Å². The van der Waals surface area contributed by atoms with Crippen molar-refractivity contribution in [3.63, 3.8) is 0 Å². The highest BCUT2D eigenvalue weighted by Gasteiger charge is 1.99. The molecule has 0 amide bonds. The monoisotopic (exact) mass is 225 g/mol. The molecule has 3 nitrogen and oxygen atoms in total. The number of thiophene rings is 1. The van der Waals surface area contributed by atoms with Gasteiger partial charge in [-0.1, -0.05) is 13.8 Å². The molecule has 0 aliphatic carbocycles. The van der Waals surface area contributed by atoms with Crippen LogP contribution in [0.5, 0.6) is 0 Å². The molecule has 0 aliphatic heterocycles. The molecule has 1 aromatic heterocycles. The highest BCUT2D eigenvalue weighted by Crippen LogP contribution is 2.04. The van der Waals surface area contributed by atoms with Crippen LogP contribution in [0.2, 0.25) is 0 Å². The van der Waals surface area contributed by atoms with Gasteiger partial charge in [0.2, 0.25) is 0 Å². The number of rotatable bonds is 4. The molecule has 1 aromatic rings. The molecule has 1 rings (SSSR count). The molecule has 4 heteroatoms. The zero-order valence-electron chi connectivity index (χ0n) is 9.58. The van der Waals surface area contributed by atoms with E-state index in [1.807, 2.05) is 0 Å². The van der Waals surface area contributed by atoms with Gasteiger partial charge in [0.25, 0.3) is 0 Å². The Balaban J connectivity index is 2.29. The number of hydrogen-bond donors (Lipinski definition) is 2. The predicted octanol–water partition coefficient (Wildman–Crippen LogP) is 2.07. The van der Waals surface area contributed by atoms with Gasteiger partial charge in [0.05, 0.1) is 0 Å². The fourth-order valence-electron chi connectivity index (χ4n) is 1.10. The molecule has 0 spiro atoms. The van der Waals surface area contributed by atoms with Gasteiger partial charge in [-0.15, -0.1) is 0 Å². The molecular weight excluding hydrogens is 206 g/mol. The maximum absolute atomic E-state index is 4.16. The molecule has 0 aromatic carbocycles. The van der Waals surface area contributed by atoms with Crippen molar-refractivity contribution in [1.29, 1.82) is 0 Å². The van der Waals surface area contributed by atoms with E-state index < -0.39 is 0 Å². The highest BCUT2D eigenvalue weighted by molar-refractivity contribution is 7.07. The minimum Gasteiger partial charge on any atom is -0.356 e. The summed E-state index contributed by atoms with van der Waals surface area (Å²) in [6.07, 6.45) is 0. The lowest BCUT2D eigenvalue weighted by Crippen LogP contribution is -2.38. The summed E-state index contributed by atoms with van der Waals surface area (Å²) in [6.45, 7) is 6.14. The van der Waals surface area contributed by atoms with E-state index in [0.717, 1.165) is 19.0 Å². The molecule has 0 saturated carbocycles. The third-order valence-corrected chi connectivity index (χ3v) is 2.67. The standard InChI is InChI=1S/C11H19N3S/c1-9(2)6-13-11(12-3)14-7-10-4-5-15-8-10/h4-5,8-9H,6-7H2,1-3H3,(H2,12,13,14). The first-order valence-corrected chi connectivity index (χ1v) is 6.12. The van der Waals surface area contributed by atoms with Crippen molar-refractivity contribution in [3.8, 4) is 0 Å². The van der Waals surface area contributed by atoms with Crippen molar-refractivity contribution in [1.82, 2.24) is 10.6 Å². The first kappa shape index (κ1) is 12.0. The number of nitrogens with zero attached hydrogens (tertiary/aromatic N) is 1. The van der Waals surface area contributed by atoms with Gasteiger partial charge < -0.3 is 10.6 Å². The fraction of sp³-hybridized carbons (Fsp3) is 0.545. The minimum atomic E-state index is 0.629. The molecule has 0 saturated heterocycles. The highest BCUT2D eigenvalue weighted by atomic mass is 32.1. The molecular formula is C11H19N3S. The van der Waals surface area contributed by atoms with Gasteiger partial charge in [-0.05, 0) is 28.3 Å². The Kier molecular flexibility index (Phi) is 5.18. The smallest absolute Gasteiger partial charge is 0.191 e. The van der Waals surface area contributed by atoms with E-state index in [4.69, 9.17) is 0 Å². The van der Waals surface area contributed by atoms with Gasteiger partial charge in [0.1, 0.15) is 0 Å². The summed E-state index contributed by atoms with van der Waals surface area (Å²) in [6, 6.07) is 2.12. The third-order valence-electron chi connectivity index (χ3n) is 1.94. The summed E-state index contributed by atoms with van der Waals surface area (Å²) in [5.74, 6) is 1.50. The zero-order valence-corrected chi connectivity index (χ0v) is 10.4. The Labute approximate surface area is 95.6 Å². The second-order valence-electron chi connectivity index (χ2n) is 3.83. The van der Waals surface area contributed by atoms with Crippen LogP contribution in [-0.4, -0.2) is 19.6 Å². The van der Waals surface area contributed by atoms with Gasteiger partial charge in [0, 0.05) is 20.1 Å². The van der Waals surface area contributed by atoms with Crippen LogP contribution < -0.4 is 10.6 Å². The van der Waals surface area contributed by atoms with Crippen LogP contribution in [0.1, 0.15) is 19.4 Å². The van der Waals surface area contributed by atoms with E-state index >= 15 is 0 Å². The average Bonchev–Trinajstić information content (AvgIpc) is 2.70. The van der Waals surface area contributed by atoms with Gasteiger partial charge in [-0.2, -0.15) is 11.3 Å². The van der Waals surface area contributed by atoms with Crippen molar-refractivity contribution in [2.45, 2.75) is 20.4 Å². The molecule has 0 aliphatic rings. The maximum atomic E-state index is 4.16. The van der Waals surface area contributed by atoms with Crippen LogP contribution in [-0.2, 0) is 6.54 Å². The Hall–Kier alpha value is -1.03. The number of guanidine groups is 1. The van der Waals surface area contributed by atoms with Gasteiger partial charge in [-0.3, -0.25) is 4.99 Å². The van der Waals surface area contributed by atoms with Crippen LogP contribution in [0.4, 0.5) is 0 Å². The largest absolute Gasteiger partial charge is 0.356 e. The molecule has 0 radical (unpaired) electrons. The van der Waals surface area contributed by atoms with Crippen LogP contribution in [0.15, 0.2) is 21.8 Å². The lowest BCUT2D eigenvalue weighted by molar-refractivity contribution is 0.614. The molecule has 2 N–H and O–H groups in total. The summed E-state index contributed by atoms with van der Waals surface area (Å²) < 4.78 is 0. The average molecular weight is 225 g/mol. The Morgan fingerprint density at radius 3 is 2.80 bits per heavy atom. The second-order valence-corrected chi connectivity index (χ2v) is 4.61. The number of hydrogen-bond acceptors (Lipinski definition) is 2. The number of aliphatic imine (C=N–C) groups is 1. The Bertz CT molecular complexity index is 291. The molecule has 0 fully saturated rings. The SMILES string of the molecule is CN=C(NCc1ccsc1)NCC(C)C. The van der Waals surface area contributed by atoms with Crippen molar-refractivity contribution < 1.29 is 0 Å². The van der Waals surface area contributed by atoms with Crippen LogP contribution >= 0.6 is 11.3 Å². The lowest BCUT2D eigenvalue weighted by Gasteiger charge is -2.12. The van der Waals surface area contributed by atoms with Crippen molar-refractivity contribution in [3.05, 3.63) is 22.4 Å². The first-order valence-electron chi connectivity index (χ1n) is 5.18. The molecule has 15 heavy (non-hydrogen) atoms. The summed E-state index contributed by atoms with van der Waals surface area (Å²) >= 11 is 1.72. The van der Waals surface area contributed by atoms with Crippen LogP contribution in [0, 0.1) is 5.92 Å². The molecule has 1 heterocycles. The van der Waals surface area contributed by atoms with E-state index in [0.29, 0.717) is 5.92 Å². The topological polar surface area (TPSA) is 36.4 Å². The predicted molar refractivity (Wildman–Crippen MR) is 67.4 cm³/mol. The zero-order chi connectivity index (χ0) is 11.1. The Morgan fingerprint density at radius 2 is 2.27 bits per heavy atom. The number of nitrogens with one attached hydrogen (secondary N) is 2. The molecule has 0 bridgehead atoms. The fourth-order valence-corrected chi connectivity index (χ4v) is 1.77. The van der Waals surface area contributed by atoms with E-state index in [9.17, 15) is 0 Å². The van der Waals surface area contributed by atoms with Crippen LogP contribution in [0.3, 0.4) is 0 Å². The van der Waals surface area contributed by atoms with Gasteiger partial charge >= 0.3 is 0 Å². The van der Waals surface area contributed by atoms with Crippen molar-refractivity contribution >= 4 is 17.3 Å². The maximum Gasteiger partial charge on any atom is 0.191 e. The van der Waals surface area contributed by atoms with Crippen molar-refractivity contribution in [2.75, 3.05) is 13.6 Å². The lowest BCUT2D eigenvalue weighted by atomic mass is 10.2. The van der Waals surface area contributed by atoms with Gasteiger partial charge in [0.15, 0.2) is 5.96 Å². The quantitative estimate of drug-likeness (QED) is 0.608. The van der Waals surface area contributed by atoms with E-state index in [1.165, 1.54) is 5.56 Å². The summed E-state index contributed by atoms with van der Waals surface area (Å²) in [7, 11) is 1.79. The van der Waals surface area contributed by atoms with E-state index in [-0.39, 0.29) is 0 Å². The summed E-state index contributed by atoms with van der Waals surface area (Å²) in [5.41, 5.74) is 1.30. The first-order chi connectivity index (χ1) is 7.22. The Morgan fingerprint density at radius 1 is 1.47 bits per heavy atom. The van der Waals surface area contributed by atoms with E-state index in [2.05, 4.69) is 46.3 Å².